The van der Waals surface area contributed by atoms with Crippen molar-refractivity contribution < 1.29 is 4.74 Å². The van der Waals surface area contributed by atoms with Crippen molar-refractivity contribution in [3.63, 3.8) is 0 Å². The highest BCUT2D eigenvalue weighted by Gasteiger charge is 2.11. The highest BCUT2D eigenvalue weighted by atomic mass is 79.9. The van der Waals surface area contributed by atoms with E-state index in [9.17, 15) is 0 Å². The normalized spacial score (nSPS) is 12.5. The predicted octanol–water partition coefficient (Wildman–Crippen LogP) is 5.04. The Kier molecular flexibility index (Phi) is 5.37. The van der Waals surface area contributed by atoms with Gasteiger partial charge in [0.2, 0.25) is 5.88 Å². The molecule has 3 nitrogen and oxygen atoms in total. The zero-order valence-electron chi connectivity index (χ0n) is 12.9. The second kappa shape index (κ2) is 7.05. The first-order valence-electron chi connectivity index (χ1n) is 7.11. The molecule has 0 aliphatic carbocycles. The Hall–Kier alpha value is -1.39. The SMILES string of the molecule is CNC(C)c1ccnc(Oc2ccc(Br)cc2C(C)C)c1. The quantitative estimate of drug-likeness (QED) is 0.821. The molecule has 0 radical (unpaired) electrons. The minimum Gasteiger partial charge on any atom is -0.439 e. The van der Waals surface area contributed by atoms with E-state index in [1.807, 2.05) is 31.3 Å². The maximum atomic E-state index is 6.00. The molecule has 0 saturated carbocycles. The highest BCUT2D eigenvalue weighted by molar-refractivity contribution is 9.10. The van der Waals surface area contributed by atoms with Crippen molar-refractivity contribution in [2.45, 2.75) is 32.7 Å². The molecule has 4 heteroatoms. The lowest BCUT2D eigenvalue weighted by atomic mass is 10.0. The van der Waals surface area contributed by atoms with Gasteiger partial charge in [0.25, 0.3) is 0 Å². The summed E-state index contributed by atoms with van der Waals surface area (Å²) in [6, 6.07) is 10.3. The van der Waals surface area contributed by atoms with E-state index in [2.05, 4.69) is 53.1 Å². The molecule has 2 aromatic rings. The molecule has 0 aliphatic heterocycles. The molecular weight excluding hydrogens is 328 g/mol. The minimum absolute atomic E-state index is 0.268. The Balaban J connectivity index is 2.30. The Bertz CT molecular complexity index is 613. The van der Waals surface area contributed by atoms with Crippen LogP contribution in [0.15, 0.2) is 41.0 Å². The number of rotatable bonds is 5. The molecule has 1 heterocycles. The van der Waals surface area contributed by atoms with E-state index in [-0.39, 0.29) is 6.04 Å². The Morgan fingerprint density at radius 2 is 1.90 bits per heavy atom. The first-order valence-corrected chi connectivity index (χ1v) is 7.91. The fourth-order valence-corrected chi connectivity index (χ4v) is 2.47. The Morgan fingerprint density at radius 3 is 2.57 bits per heavy atom. The van der Waals surface area contributed by atoms with Crippen LogP contribution in [0.1, 0.15) is 43.9 Å². The Morgan fingerprint density at radius 1 is 1.14 bits per heavy atom. The van der Waals surface area contributed by atoms with E-state index in [4.69, 9.17) is 4.74 Å². The lowest BCUT2D eigenvalue weighted by molar-refractivity contribution is 0.452. The third-order valence-electron chi connectivity index (χ3n) is 3.50. The van der Waals surface area contributed by atoms with Gasteiger partial charge in [-0.25, -0.2) is 4.98 Å². The number of nitrogens with one attached hydrogen (secondary N) is 1. The summed E-state index contributed by atoms with van der Waals surface area (Å²) in [5.74, 6) is 1.87. The van der Waals surface area contributed by atoms with E-state index >= 15 is 0 Å². The Labute approximate surface area is 134 Å². The molecule has 1 N–H and O–H groups in total. The van der Waals surface area contributed by atoms with Crippen molar-refractivity contribution in [2.24, 2.45) is 0 Å². The van der Waals surface area contributed by atoms with Crippen LogP contribution in [-0.4, -0.2) is 12.0 Å². The van der Waals surface area contributed by atoms with Gasteiger partial charge in [-0.2, -0.15) is 0 Å². The third kappa shape index (κ3) is 4.05. The maximum Gasteiger partial charge on any atom is 0.219 e. The molecule has 1 unspecified atom stereocenters. The summed E-state index contributed by atoms with van der Waals surface area (Å²) in [4.78, 5) is 4.31. The van der Waals surface area contributed by atoms with Crippen molar-refractivity contribution in [2.75, 3.05) is 7.05 Å². The topological polar surface area (TPSA) is 34.2 Å². The van der Waals surface area contributed by atoms with Gasteiger partial charge in [-0.15, -0.1) is 0 Å². The monoisotopic (exact) mass is 348 g/mol. The van der Waals surface area contributed by atoms with E-state index < -0.39 is 0 Å². The van der Waals surface area contributed by atoms with Gasteiger partial charge in [0.05, 0.1) is 0 Å². The average molecular weight is 349 g/mol. The van der Waals surface area contributed by atoms with Crippen LogP contribution >= 0.6 is 15.9 Å². The molecule has 112 valence electrons. The summed E-state index contributed by atoms with van der Waals surface area (Å²) in [5, 5.41) is 3.22. The summed E-state index contributed by atoms with van der Waals surface area (Å²) in [5.41, 5.74) is 2.32. The van der Waals surface area contributed by atoms with Crippen molar-refractivity contribution in [3.05, 3.63) is 52.1 Å². The lowest BCUT2D eigenvalue weighted by Gasteiger charge is -2.15. The van der Waals surface area contributed by atoms with Crippen LogP contribution in [0.3, 0.4) is 0 Å². The van der Waals surface area contributed by atoms with Crippen molar-refractivity contribution in [1.29, 1.82) is 0 Å². The van der Waals surface area contributed by atoms with Crippen LogP contribution in [0.5, 0.6) is 11.6 Å². The summed E-state index contributed by atoms with van der Waals surface area (Å²) < 4.78 is 7.06. The fourth-order valence-electron chi connectivity index (χ4n) is 2.09. The van der Waals surface area contributed by atoms with Gasteiger partial charge in [0, 0.05) is 22.8 Å². The van der Waals surface area contributed by atoms with Crippen molar-refractivity contribution in [3.8, 4) is 11.6 Å². The number of benzene rings is 1. The second-order valence-electron chi connectivity index (χ2n) is 5.38. The van der Waals surface area contributed by atoms with Crippen molar-refractivity contribution in [1.82, 2.24) is 10.3 Å². The molecule has 0 saturated heterocycles. The van der Waals surface area contributed by atoms with E-state index in [0.29, 0.717) is 11.8 Å². The number of ether oxygens (including phenoxy) is 1. The molecule has 0 aliphatic rings. The van der Waals surface area contributed by atoms with Crippen LogP contribution < -0.4 is 10.1 Å². The van der Waals surface area contributed by atoms with Crippen LogP contribution in [-0.2, 0) is 0 Å². The van der Waals surface area contributed by atoms with Gasteiger partial charge in [0.15, 0.2) is 0 Å². The maximum absolute atomic E-state index is 6.00. The standard InChI is InChI=1S/C17H21BrN2O/c1-11(2)15-10-14(18)5-6-16(15)21-17-9-13(7-8-20-17)12(3)19-4/h5-12,19H,1-4H3. The van der Waals surface area contributed by atoms with Gasteiger partial charge in [-0.05, 0) is 55.3 Å². The number of pyridine rings is 1. The van der Waals surface area contributed by atoms with Crippen LogP contribution in [0.2, 0.25) is 0 Å². The highest BCUT2D eigenvalue weighted by Crippen LogP contribution is 2.32. The molecule has 1 aromatic carbocycles. The fraction of sp³-hybridized carbons (Fsp3) is 0.353. The lowest BCUT2D eigenvalue weighted by Crippen LogP contribution is -2.12. The zero-order valence-corrected chi connectivity index (χ0v) is 14.4. The summed E-state index contributed by atoms with van der Waals surface area (Å²) >= 11 is 3.51. The molecule has 0 amide bonds. The van der Waals surface area contributed by atoms with E-state index in [0.717, 1.165) is 15.8 Å². The summed E-state index contributed by atoms with van der Waals surface area (Å²) in [6.45, 7) is 6.42. The number of halogens is 1. The van der Waals surface area contributed by atoms with Gasteiger partial charge in [-0.3, -0.25) is 0 Å². The van der Waals surface area contributed by atoms with Gasteiger partial charge in [-0.1, -0.05) is 29.8 Å². The van der Waals surface area contributed by atoms with Gasteiger partial charge >= 0.3 is 0 Å². The van der Waals surface area contributed by atoms with Crippen molar-refractivity contribution >= 4 is 15.9 Å². The number of aromatic nitrogens is 1. The molecule has 1 aromatic heterocycles. The number of nitrogens with zero attached hydrogens (tertiary/aromatic N) is 1. The minimum atomic E-state index is 0.268. The van der Waals surface area contributed by atoms with E-state index in [1.54, 1.807) is 6.20 Å². The molecule has 21 heavy (non-hydrogen) atoms. The first kappa shape index (κ1) is 16.0. The molecule has 1 atom stereocenters. The second-order valence-corrected chi connectivity index (χ2v) is 6.29. The molecular formula is C17H21BrN2O. The van der Waals surface area contributed by atoms with E-state index in [1.165, 1.54) is 5.56 Å². The van der Waals surface area contributed by atoms with Crippen LogP contribution in [0.4, 0.5) is 0 Å². The van der Waals surface area contributed by atoms with Gasteiger partial charge < -0.3 is 10.1 Å². The molecule has 0 spiro atoms. The average Bonchev–Trinajstić information content (AvgIpc) is 2.48. The molecule has 0 bridgehead atoms. The smallest absolute Gasteiger partial charge is 0.219 e. The largest absolute Gasteiger partial charge is 0.439 e. The zero-order chi connectivity index (χ0) is 15.4. The number of hydrogen-bond acceptors (Lipinski definition) is 3. The van der Waals surface area contributed by atoms with Crippen LogP contribution in [0, 0.1) is 0 Å². The first-order chi connectivity index (χ1) is 10.0. The van der Waals surface area contributed by atoms with Crippen LogP contribution in [0.25, 0.3) is 0 Å². The molecule has 0 fully saturated rings. The summed E-state index contributed by atoms with van der Waals surface area (Å²) in [7, 11) is 1.94. The van der Waals surface area contributed by atoms with Gasteiger partial charge in [0.1, 0.15) is 5.75 Å². The predicted molar refractivity (Wildman–Crippen MR) is 90.0 cm³/mol. The molecule has 2 rings (SSSR count). The number of hydrogen-bond donors (Lipinski definition) is 1. The third-order valence-corrected chi connectivity index (χ3v) is 3.99. The summed E-state index contributed by atoms with van der Waals surface area (Å²) in [6.07, 6.45) is 1.78.